The number of rotatable bonds is 4. The number of aromatic nitrogens is 1. The van der Waals surface area contributed by atoms with Crippen molar-refractivity contribution >= 4 is 17.6 Å². The first-order valence-corrected chi connectivity index (χ1v) is 6.43. The van der Waals surface area contributed by atoms with Crippen molar-refractivity contribution in [2.24, 2.45) is 0 Å². The molecule has 0 spiro atoms. The average Bonchev–Trinajstić information content (AvgIpc) is 2.39. The zero-order chi connectivity index (χ0) is 14.7. The van der Waals surface area contributed by atoms with Crippen LogP contribution in [0.4, 0.5) is 4.39 Å². The van der Waals surface area contributed by atoms with Gasteiger partial charge in [0.25, 0.3) is 0 Å². The Bertz CT molecular complexity index is 646. The first-order chi connectivity index (χ1) is 9.47. The van der Waals surface area contributed by atoms with Crippen molar-refractivity contribution in [2.75, 3.05) is 0 Å². The topological polar surface area (TPSA) is 50.2 Å². The molecule has 0 aliphatic rings. The van der Waals surface area contributed by atoms with Gasteiger partial charge in [0.2, 0.25) is 0 Å². The Morgan fingerprint density at radius 3 is 2.70 bits per heavy atom. The number of hydrogen-bond donors (Lipinski definition) is 1. The summed E-state index contributed by atoms with van der Waals surface area (Å²) in [5.74, 6) is -1.89. The first kappa shape index (κ1) is 14.5. The Hall–Kier alpha value is -1.94. The van der Waals surface area contributed by atoms with Crippen molar-refractivity contribution < 1.29 is 14.3 Å². The Kier molecular flexibility index (Phi) is 4.35. The number of benzene rings is 1. The van der Waals surface area contributed by atoms with Gasteiger partial charge in [0.05, 0.1) is 12.6 Å². The van der Waals surface area contributed by atoms with Crippen LogP contribution < -0.4 is 0 Å². The maximum absolute atomic E-state index is 13.3. The van der Waals surface area contributed by atoms with Crippen LogP contribution in [0.3, 0.4) is 0 Å². The molecule has 1 N–H and O–H groups in total. The van der Waals surface area contributed by atoms with Crippen LogP contribution in [0.2, 0.25) is 5.02 Å². The highest BCUT2D eigenvalue weighted by atomic mass is 35.5. The highest BCUT2D eigenvalue weighted by molar-refractivity contribution is 6.31. The number of nitrogens with zero attached hydrogens (tertiary/aromatic N) is 1. The van der Waals surface area contributed by atoms with Crippen molar-refractivity contribution in [3.63, 3.8) is 0 Å². The van der Waals surface area contributed by atoms with Crippen LogP contribution in [-0.4, -0.2) is 16.1 Å². The molecule has 3 nitrogen and oxygen atoms in total. The van der Waals surface area contributed by atoms with E-state index in [4.69, 9.17) is 16.7 Å². The third-order valence-corrected chi connectivity index (χ3v) is 3.52. The van der Waals surface area contributed by atoms with Crippen molar-refractivity contribution in [1.29, 1.82) is 0 Å². The molecule has 5 heteroatoms. The molecule has 0 aliphatic heterocycles. The lowest BCUT2D eigenvalue weighted by Gasteiger charge is -2.16. The minimum absolute atomic E-state index is 0.133. The largest absolute Gasteiger partial charge is 0.481 e. The number of carboxylic acids is 1. The molecular formula is C15H13ClFNO2. The van der Waals surface area contributed by atoms with Gasteiger partial charge in [-0.05, 0) is 35.7 Å². The summed E-state index contributed by atoms with van der Waals surface area (Å²) in [6.07, 6.45) is 2.45. The molecule has 2 rings (SSSR count). The highest BCUT2D eigenvalue weighted by Gasteiger charge is 2.19. The monoisotopic (exact) mass is 293 g/mol. The zero-order valence-electron chi connectivity index (χ0n) is 10.8. The van der Waals surface area contributed by atoms with Crippen LogP contribution in [0.5, 0.6) is 0 Å². The van der Waals surface area contributed by atoms with Crippen LogP contribution in [-0.2, 0) is 4.79 Å². The van der Waals surface area contributed by atoms with E-state index in [1.165, 1.54) is 12.3 Å². The highest BCUT2D eigenvalue weighted by Crippen LogP contribution is 2.30. The molecule has 1 aromatic carbocycles. The molecule has 20 heavy (non-hydrogen) atoms. The van der Waals surface area contributed by atoms with Gasteiger partial charge in [-0.1, -0.05) is 23.7 Å². The quantitative estimate of drug-likeness (QED) is 0.933. The molecule has 1 atom stereocenters. The van der Waals surface area contributed by atoms with E-state index in [2.05, 4.69) is 4.98 Å². The van der Waals surface area contributed by atoms with E-state index >= 15 is 0 Å². The number of pyridine rings is 1. The van der Waals surface area contributed by atoms with Crippen LogP contribution in [0.15, 0.2) is 36.7 Å². The lowest BCUT2D eigenvalue weighted by molar-refractivity contribution is -0.137. The fraction of sp³-hybridized carbons (Fsp3) is 0.200. The van der Waals surface area contributed by atoms with Crippen molar-refractivity contribution in [3.05, 3.63) is 64.2 Å². The standard InChI is InChI=1S/C15H13ClFNO2/c1-9-4-10(2-3-14(9)16)13(6-15(19)20)11-5-12(17)8-18-7-11/h2-5,7-8,13H,6H2,1H3,(H,19,20). The van der Waals surface area contributed by atoms with E-state index in [1.54, 1.807) is 12.1 Å². The van der Waals surface area contributed by atoms with Gasteiger partial charge in [-0.15, -0.1) is 0 Å². The number of hydrogen-bond acceptors (Lipinski definition) is 2. The Balaban J connectivity index is 2.46. The summed E-state index contributed by atoms with van der Waals surface area (Å²) in [6.45, 7) is 1.84. The van der Waals surface area contributed by atoms with Crippen LogP contribution >= 0.6 is 11.6 Å². The maximum atomic E-state index is 13.3. The van der Waals surface area contributed by atoms with Gasteiger partial charge < -0.3 is 5.11 Å². The van der Waals surface area contributed by atoms with Gasteiger partial charge >= 0.3 is 5.97 Å². The molecule has 0 radical (unpaired) electrons. The summed E-state index contributed by atoms with van der Waals surface area (Å²) in [5.41, 5.74) is 2.17. The van der Waals surface area contributed by atoms with Gasteiger partial charge in [-0.25, -0.2) is 4.39 Å². The number of carboxylic acid groups (broad SMARTS) is 1. The van der Waals surface area contributed by atoms with E-state index in [0.717, 1.165) is 17.3 Å². The predicted molar refractivity (Wildman–Crippen MR) is 74.5 cm³/mol. The van der Waals surface area contributed by atoms with Gasteiger partial charge in [-0.3, -0.25) is 9.78 Å². The first-order valence-electron chi connectivity index (χ1n) is 6.05. The maximum Gasteiger partial charge on any atom is 0.304 e. The van der Waals surface area contributed by atoms with Crippen molar-refractivity contribution in [3.8, 4) is 0 Å². The lowest BCUT2D eigenvalue weighted by atomic mass is 9.89. The molecule has 1 heterocycles. The third-order valence-electron chi connectivity index (χ3n) is 3.09. The second-order valence-corrected chi connectivity index (χ2v) is 5.00. The molecule has 0 saturated carbocycles. The summed E-state index contributed by atoms with van der Waals surface area (Å²) >= 11 is 5.97. The molecular weight excluding hydrogens is 281 g/mol. The molecule has 2 aromatic rings. The molecule has 1 unspecified atom stereocenters. The zero-order valence-corrected chi connectivity index (χ0v) is 11.6. The summed E-state index contributed by atoms with van der Waals surface area (Å²) in [5, 5.41) is 9.67. The second kappa shape index (κ2) is 6.01. The predicted octanol–water partition coefficient (Wildman–Crippen LogP) is 3.79. The van der Waals surface area contributed by atoms with E-state index in [-0.39, 0.29) is 6.42 Å². The summed E-state index contributed by atoms with van der Waals surface area (Å²) < 4.78 is 13.3. The molecule has 0 fully saturated rings. The smallest absolute Gasteiger partial charge is 0.304 e. The summed E-state index contributed by atoms with van der Waals surface area (Å²) in [7, 11) is 0. The Morgan fingerprint density at radius 2 is 2.10 bits per heavy atom. The molecule has 1 aromatic heterocycles. The molecule has 0 saturated heterocycles. The molecule has 104 valence electrons. The lowest BCUT2D eigenvalue weighted by Crippen LogP contribution is -2.09. The van der Waals surface area contributed by atoms with Gasteiger partial charge in [0, 0.05) is 17.1 Å². The average molecular weight is 294 g/mol. The van der Waals surface area contributed by atoms with Gasteiger partial charge in [-0.2, -0.15) is 0 Å². The number of carbonyl (C=O) groups is 1. The Labute approximate surface area is 121 Å². The fourth-order valence-corrected chi connectivity index (χ4v) is 2.22. The molecule has 0 aliphatic carbocycles. The Morgan fingerprint density at radius 1 is 1.35 bits per heavy atom. The molecule has 0 amide bonds. The van der Waals surface area contributed by atoms with E-state index in [0.29, 0.717) is 10.6 Å². The van der Waals surface area contributed by atoms with Crippen LogP contribution in [0, 0.1) is 12.7 Å². The van der Waals surface area contributed by atoms with E-state index in [9.17, 15) is 9.18 Å². The van der Waals surface area contributed by atoms with Gasteiger partial charge in [0.1, 0.15) is 5.82 Å². The fourth-order valence-electron chi connectivity index (χ4n) is 2.11. The van der Waals surface area contributed by atoms with E-state index in [1.807, 2.05) is 13.0 Å². The van der Waals surface area contributed by atoms with E-state index < -0.39 is 17.7 Å². The number of halogens is 2. The van der Waals surface area contributed by atoms with Crippen molar-refractivity contribution in [1.82, 2.24) is 4.98 Å². The summed E-state index contributed by atoms with van der Waals surface area (Å²) in [6, 6.07) is 6.60. The van der Waals surface area contributed by atoms with Gasteiger partial charge in [0.15, 0.2) is 0 Å². The second-order valence-electron chi connectivity index (χ2n) is 4.60. The number of aliphatic carboxylic acids is 1. The SMILES string of the molecule is Cc1cc(C(CC(=O)O)c2cncc(F)c2)ccc1Cl. The minimum atomic E-state index is -0.952. The van der Waals surface area contributed by atoms with Crippen molar-refractivity contribution in [2.45, 2.75) is 19.3 Å². The normalized spacial score (nSPS) is 12.2. The summed E-state index contributed by atoms with van der Waals surface area (Å²) in [4.78, 5) is 14.8. The minimum Gasteiger partial charge on any atom is -0.481 e. The van der Waals surface area contributed by atoms with Crippen LogP contribution in [0.1, 0.15) is 29.0 Å². The molecule has 0 bridgehead atoms. The third kappa shape index (κ3) is 3.33. The van der Waals surface area contributed by atoms with Crippen LogP contribution in [0.25, 0.3) is 0 Å². The number of aryl methyl sites for hydroxylation is 1.